The maximum Gasteiger partial charge on any atom is 0.410 e. The number of carbonyl (C=O) groups is 2. The molecule has 1 fully saturated rings. The number of benzene rings is 3. The van der Waals surface area contributed by atoms with Gasteiger partial charge in [-0.1, -0.05) is 54.6 Å². The lowest BCUT2D eigenvalue weighted by Crippen LogP contribution is -2.51. The van der Waals surface area contributed by atoms with Crippen molar-refractivity contribution >= 4 is 22.9 Å². The van der Waals surface area contributed by atoms with E-state index in [1.165, 1.54) is 4.90 Å². The van der Waals surface area contributed by atoms with Gasteiger partial charge in [0.2, 0.25) is 11.8 Å². The molecule has 5 rings (SSSR count). The van der Waals surface area contributed by atoms with Gasteiger partial charge in [0.25, 0.3) is 0 Å². The fraction of sp³-hybridized carbons (Fsp3) is 0.179. The van der Waals surface area contributed by atoms with Crippen molar-refractivity contribution < 1.29 is 19.1 Å². The second kappa shape index (κ2) is 10.3. The summed E-state index contributed by atoms with van der Waals surface area (Å²) < 4.78 is 11.2. The first-order chi connectivity index (χ1) is 17.1. The van der Waals surface area contributed by atoms with Crippen LogP contribution in [-0.2, 0) is 22.7 Å². The van der Waals surface area contributed by atoms with Crippen molar-refractivity contribution in [2.24, 2.45) is 0 Å². The van der Waals surface area contributed by atoms with E-state index in [1.54, 1.807) is 4.90 Å². The molecule has 0 N–H and O–H groups in total. The lowest BCUT2D eigenvalue weighted by Gasteiger charge is -2.33. The van der Waals surface area contributed by atoms with Crippen LogP contribution in [0.25, 0.3) is 10.9 Å². The number of hydrogen-bond donors (Lipinski definition) is 0. The van der Waals surface area contributed by atoms with Crippen LogP contribution in [0.15, 0.2) is 91.0 Å². The molecular formula is C28H25N3O4. The van der Waals surface area contributed by atoms with Crippen molar-refractivity contribution in [1.29, 1.82) is 0 Å². The average molecular weight is 468 g/mol. The van der Waals surface area contributed by atoms with E-state index in [0.29, 0.717) is 25.5 Å². The lowest BCUT2D eigenvalue weighted by atomic mass is 10.1. The minimum atomic E-state index is -0.466. The highest BCUT2D eigenvalue weighted by Gasteiger charge is 2.28. The minimum absolute atomic E-state index is 0.0168. The SMILES string of the molecule is O=C1CN(C(=O)OCc2ccccc2)CCN1Cc1ccc2nc(Oc3ccccc3)ccc2c1. The molecule has 0 atom stereocenters. The molecule has 0 spiro atoms. The second-order valence-electron chi connectivity index (χ2n) is 8.37. The molecule has 3 aromatic carbocycles. The molecular weight excluding hydrogens is 442 g/mol. The summed E-state index contributed by atoms with van der Waals surface area (Å²) in [6, 6.07) is 28.8. The zero-order valence-corrected chi connectivity index (χ0v) is 19.2. The highest BCUT2D eigenvalue weighted by Crippen LogP contribution is 2.23. The Bertz CT molecular complexity index is 1330. The monoisotopic (exact) mass is 467 g/mol. The van der Waals surface area contributed by atoms with Crippen molar-refractivity contribution in [3.63, 3.8) is 0 Å². The van der Waals surface area contributed by atoms with Crippen molar-refractivity contribution in [3.05, 3.63) is 102 Å². The van der Waals surface area contributed by atoms with E-state index in [0.717, 1.165) is 27.8 Å². The van der Waals surface area contributed by atoms with Crippen LogP contribution >= 0.6 is 0 Å². The summed E-state index contributed by atoms with van der Waals surface area (Å²) in [7, 11) is 0. The Morgan fingerprint density at radius 2 is 1.63 bits per heavy atom. The predicted octanol–water partition coefficient (Wildman–Crippen LogP) is 5.01. The normalized spacial score (nSPS) is 13.7. The third-order valence-electron chi connectivity index (χ3n) is 5.85. The van der Waals surface area contributed by atoms with E-state index in [9.17, 15) is 9.59 Å². The lowest BCUT2D eigenvalue weighted by molar-refractivity contribution is -0.136. The molecule has 1 aliphatic heterocycles. The van der Waals surface area contributed by atoms with E-state index >= 15 is 0 Å². The molecule has 1 aromatic heterocycles. The first kappa shape index (κ1) is 22.4. The van der Waals surface area contributed by atoms with E-state index < -0.39 is 6.09 Å². The number of pyridine rings is 1. The zero-order valence-electron chi connectivity index (χ0n) is 19.2. The average Bonchev–Trinajstić information content (AvgIpc) is 2.89. The Morgan fingerprint density at radius 1 is 0.857 bits per heavy atom. The molecule has 1 saturated heterocycles. The highest BCUT2D eigenvalue weighted by atomic mass is 16.6. The molecule has 0 aliphatic carbocycles. The second-order valence-corrected chi connectivity index (χ2v) is 8.37. The fourth-order valence-corrected chi connectivity index (χ4v) is 3.98. The van der Waals surface area contributed by atoms with Crippen molar-refractivity contribution in [2.45, 2.75) is 13.2 Å². The van der Waals surface area contributed by atoms with Crippen molar-refractivity contribution in [3.8, 4) is 11.6 Å². The van der Waals surface area contributed by atoms with Gasteiger partial charge in [-0.15, -0.1) is 0 Å². The van der Waals surface area contributed by atoms with Crippen LogP contribution in [0.1, 0.15) is 11.1 Å². The van der Waals surface area contributed by atoms with E-state index in [-0.39, 0.29) is 19.1 Å². The fourth-order valence-electron chi connectivity index (χ4n) is 3.98. The van der Waals surface area contributed by atoms with Gasteiger partial charge in [0.05, 0.1) is 5.52 Å². The smallest absolute Gasteiger partial charge is 0.410 e. The molecule has 2 heterocycles. The number of ether oxygens (including phenoxy) is 2. The summed E-state index contributed by atoms with van der Waals surface area (Å²) in [5, 5.41) is 0.971. The molecule has 7 heteroatoms. The van der Waals surface area contributed by atoms with Crippen LogP contribution < -0.4 is 4.74 Å². The summed E-state index contributed by atoms with van der Waals surface area (Å²) in [5.74, 6) is 1.16. The van der Waals surface area contributed by atoms with Gasteiger partial charge in [-0.2, -0.15) is 0 Å². The Labute approximate surface area is 203 Å². The van der Waals surface area contributed by atoms with Crippen molar-refractivity contribution in [2.75, 3.05) is 19.6 Å². The largest absolute Gasteiger partial charge is 0.445 e. The molecule has 35 heavy (non-hydrogen) atoms. The van der Waals surface area contributed by atoms with Gasteiger partial charge in [-0.25, -0.2) is 9.78 Å². The third-order valence-corrected chi connectivity index (χ3v) is 5.85. The molecule has 1 aliphatic rings. The molecule has 0 unspecified atom stereocenters. The number of piperazine rings is 1. The Balaban J connectivity index is 1.17. The number of fused-ring (bicyclic) bond motifs is 1. The summed E-state index contributed by atoms with van der Waals surface area (Å²) in [4.78, 5) is 32.9. The quantitative estimate of drug-likeness (QED) is 0.399. The Hall–Kier alpha value is -4.39. The summed E-state index contributed by atoms with van der Waals surface area (Å²) in [6.45, 7) is 1.58. The van der Waals surface area contributed by atoms with Gasteiger partial charge in [-0.3, -0.25) is 9.69 Å². The summed E-state index contributed by atoms with van der Waals surface area (Å²) in [6.07, 6.45) is -0.466. The van der Waals surface area contributed by atoms with E-state index in [4.69, 9.17) is 9.47 Å². The van der Waals surface area contributed by atoms with Crippen molar-refractivity contribution in [1.82, 2.24) is 14.8 Å². The van der Waals surface area contributed by atoms with Gasteiger partial charge in [0.1, 0.15) is 18.9 Å². The number of rotatable bonds is 6. The molecule has 0 saturated carbocycles. The number of amides is 2. The zero-order chi connectivity index (χ0) is 24.0. The van der Waals surface area contributed by atoms with E-state index in [2.05, 4.69) is 4.98 Å². The number of para-hydroxylation sites is 1. The number of aromatic nitrogens is 1. The predicted molar refractivity (Wildman–Crippen MR) is 132 cm³/mol. The number of hydrogen-bond acceptors (Lipinski definition) is 5. The van der Waals surface area contributed by atoms with Gasteiger partial charge < -0.3 is 14.4 Å². The topological polar surface area (TPSA) is 72.0 Å². The number of carbonyl (C=O) groups excluding carboxylic acids is 2. The van der Waals surface area contributed by atoms with Crippen LogP contribution in [0, 0.1) is 0 Å². The van der Waals surface area contributed by atoms with Crippen LogP contribution in [-0.4, -0.2) is 46.4 Å². The van der Waals surface area contributed by atoms with Crippen LogP contribution in [0.2, 0.25) is 0 Å². The van der Waals surface area contributed by atoms with Gasteiger partial charge in [-0.05, 0) is 41.5 Å². The maximum absolute atomic E-state index is 12.7. The van der Waals surface area contributed by atoms with Crippen LogP contribution in [0.4, 0.5) is 4.79 Å². The first-order valence-electron chi connectivity index (χ1n) is 11.5. The molecule has 4 aromatic rings. The number of nitrogens with zero attached hydrogens (tertiary/aromatic N) is 3. The summed E-state index contributed by atoms with van der Waals surface area (Å²) >= 11 is 0. The molecule has 2 amide bonds. The van der Waals surface area contributed by atoms with E-state index in [1.807, 2.05) is 91.0 Å². The Morgan fingerprint density at radius 3 is 2.40 bits per heavy atom. The van der Waals surface area contributed by atoms with Gasteiger partial charge in [0.15, 0.2) is 0 Å². The highest BCUT2D eigenvalue weighted by molar-refractivity contribution is 5.84. The Kier molecular flexibility index (Phi) is 6.57. The third kappa shape index (κ3) is 5.58. The molecule has 0 radical (unpaired) electrons. The molecule has 176 valence electrons. The first-order valence-corrected chi connectivity index (χ1v) is 11.5. The molecule has 7 nitrogen and oxygen atoms in total. The molecule has 0 bridgehead atoms. The van der Waals surface area contributed by atoms with Crippen LogP contribution in [0.5, 0.6) is 11.6 Å². The standard InChI is InChI=1S/C28H25N3O4/c32-27-19-31(28(33)34-20-21-7-3-1-4-8-21)16-15-30(27)18-22-11-13-25-23(17-22)12-14-26(29-25)35-24-9-5-2-6-10-24/h1-14,17H,15-16,18-20H2. The van der Waals surface area contributed by atoms with Crippen LogP contribution in [0.3, 0.4) is 0 Å². The van der Waals surface area contributed by atoms with Gasteiger partial charge in [0, 0.05) is 31.1 Å². The minimum Gasteiger partial charge on any atom is -0.445 e. The maximum atomic E-state index is 12.7. The summed E-state index contributed by atoms with van der Waals surface area (Å²) in [5.41, 5.74) is 2.74. The van der Waals surface area contributed by atoms with Gasteiger partial charge >= 0.3 is 6.09 Å².